The zero-order valence-electron chi connectivity index (χ0n) is 21.5. The lowest BCUT2D eigenvalue weighted by molar-refractivity contribution is -0.131. The molecule has 0 saturated carbocycles. The number of carbonyl (C=O) groups is 1. The number of hydrogen-bond donors (Lipinski definition) is 1. The maximum absolute atomic E-state index is 10.6. The maximum Gasteiger partial charge on any atom is 0.328 e. The molecule has 1 rings (SSSR count). The van der Waals surface area contributed by atoms with Crippen LogP contribution in [0.4, 0.5) is 0 Å². The van der Waals surface area contributed by atoms with Crippen molar-refractivity contribution in [2.75, 3.05) is 0 Å². The number of unbranched alkanes of at least 4 members (excludes halogenated alkanes) is 7. The Hall–Kier alpha value is -2.39. The molecule has 0 aliphatic carbocycles. The van der Waals surface area contributed by atoms with E-state index < -0.39 is 5.97 Å². The van der Waals surface area contributed by atoms with Gasteiger partial charge in [0.15, 0.2) is 0 Å². The Labute approximate surface area is 203 Å². The lowest BCUT2D eigenvalue weighted by atomic mass is 10.1. The van der Waals surface area contributed by atoms with E-state index in [0.29, 0.717) is 12.2 Å². The Morgan fingerprint density at radius 1 is 0.818 bits per heavy atom. The average molecular weight is 455 g/mol. The van der Waals surface area contributed by atoms with Crippen LogP contribution in [0.1, 0.15) is 97.1 Å². The van der Waals surface area contributed by atoms with Crippen molar-refractivity contribution in [2.45, 2.75) is 98.2 Å². The molecule has 3 heteroatoms. The number of rotatable bonds is 15. The van der Waals surface area contributed by atoms with Crippen molar-refractivity contribution in [1.82, 2.24) is 0 Å². The summed E-state index contributed by atoms with van der Waals surface area (Å²) in [5.41, 5.74) is 1.90. The molecule has 1 N–H and O–H groups in total. The first-order valence-corrected chi connectivity index (χ1v) is 12.5. The summed E-state index contributed by atoms with van der Waals surface area (Å²) in [4.78, 5) is 10.6. The second kappa shape index (κ2) is 21.5. The Kier molecular flexibility index (Phi) is 19.9. The number of hydrogen-bond acceptors (Lipinski definition) is 2. The zero-order chi connectivity index (χ0) is 24.7. The number of benzene rings is 1. The van der Waals surface area contributed by atoms with Crippen molar-refractivity contribution in [1.29, 1.82) is 0 Å². The highest BCUT2D eigenvalue weighted by atomic mass is 16.5. The van der Waals surface area contributed by atoms with Crippen LogP contribution in [0, 0.1) is 0 Å². The summed E-state index contributed by atoms with van der Waals surface area (Å²) in [7, 11) is 0. The zero-order valence-corrected chi connectivity index (χ0v) is 21.5. The highest BCUT2D eigenvalue weighted by Gasteiger charge is 1.95. The van der Waals surface area contributed by atoms with Crippen LogP contribution in [0.5, 0.6) is 0 Å². The van der Waals surface area contributed by atoms with Crippen molar-refractivity contribution >= 4 is 18.1 Å². The summed E-state index contributed by atoms with van der Waals surface area (Å²) in [6.07, 6.45) is 26.4. The first-order chi connectivity index (χ1) is 15.9. The van der Waals surface area contributed by atoms with Crippen LogP contribution in [0.3, 0.4) is 0 Å². The Morgan fingerprint density at radius 3 is 1.91 bits per heavy atom. The van der Waals surface area contributed by atoms with Crippen LogP contribution in [-0.4, -0.2) is 23.3 Å². The molecule has 0 fully saturated rings. The maximum atomic E-state index is 10.6. The van der Waals surface area contributed by atoms with Crippen LogP contribution < -0.4 is 0 Å². The van der Waals surface area contributed by atoms with E-state index in [2.05, 4.69) is 19.1 Å². The van der Waals surface area contributed by atoms with Crippen molar-refractivity contribution in [3.8, 4) is 0 Å². The SMILES string of the molecule is CC(C)OC(C)C.CCCCCCCCCC=CC=CC=Cc1ccccc1C=CC(=O)O. The summed E-state index contributed by atoms with van der Waals surface area (Å²) >= 11 is 0. The number of carboxylic acids is 1. The molecule has 1 aromatic carbocycles. The third-order valence-electron chi connectivity index (χ3n) is 4.67. The monoisotopic (exact) mass is 454 g/mol. The molecule has 0 amide bonds. The van der Waals surface area contributed by atoms with E-state index in [4.69, 9.17) is 9.84 Å². The number of aliphatic carboxylic acids is 1. The van der Waals surface area contributed by atoms with Gasteiger partial charge < -0.3 is 9.84 Å². The van der Waals surface area contributed by atoms with Gasteiger partial charge in [0.2, 0.25) is 0 Å². The van der Waals surface area contributed by atoms with Gasteiger partial charge in [-0.1, -0.05) is 106 Å². The molecule has 0 radical (unpaired) electrons. The molecule has 0 aliphatic heterocycles. The largest absolute Gasteiger partial charge is 0.478 e. The van der Waals surface area contributed by atoms with Crippen molar-refractivity contribution in [3.63, 3.8) is 0 Å². The van der Waals surface area contributed by atoms with E-state index in [1.807, 2.05) is 76.3 Å². The van der Waals surface area contributed by atoms with Crippen LogP contribution in [0.15, 0.2) is 60.7 Å². The normalized spacial score (nSPS) is 12.0. The second-order valence-corrected chi connectivity index (χ2v) is 8.62. The summed E-state index contributed by atoms with van der Waals surface area (Å²) in [6, 6.07) is 7.73. The van der Waals surface area contributed by atoms with E-state index in [9.17, 15) is 4.79 Å². The van der Waals surface area contributed by atoms with Crippen LogP contribution in [0.2, 0.25) is 0 Å². The Bertz CT molecular complexity index is 718. The van der Waals surface area contributed by atoms with Crippen molar-refractivity contribution < 1.29 is 14.6 Å². The molecule has 1 aromatic rings. The van der Waals surface area contributed by atoms with Gasteiger partial charge in [0.1, 0.15) is 0 Å². The summed E-state index contributed by atoms with van der Waals surface area (Å²) in [5.74, 6) is -0.935. The first kappa shape index (κ1) is 30.6. The van der Waals surface area contributed by atoms with Gasteiger partial charge in [0, 0.05) is 6.08 Å². The molecular formula is C30H46O3. The third-order valence-corrected chi connectivity index (χ3v) is 4.67. The highest BCUT2D eigenvalue weighted by Crippen LogP contribution is 2.13. The fraction of sp³-hybridized carbons (Fsp3) is 0.500. The van der Waals surface area contributed by atoms with E-state index in [-0.39, 0.29) is 0 Å². The molecular weight excluding hydrogens is 408 g/mol. The smallest absolute Gasteiger partial charge is 0.328 e. The molecule has 0 spiro atoms. The fourth-order valence-electron chi connectivity index (χ4n) is 3.20. The average Bonchev–Trinajstić information content (AvgIpc) is 2.75. The molecule has 0 heterocycles. The van der Waals surface area contributed by atoms with Gasteiger partial charge in [-0.2, -0.15) is 0 Å². The van der Waals surface area contributed by atoms with Crippen LogP contribution >= 0.6 is 0 Å². The van der Waals surface area contributed by atoms with E-state index in [0.717, 1.165) is 23.6 Å². The van der Waals surface area contributed by atoms with Gasteiger partial charge in [-0.15, -0.1) is 0 Å². The van der Waals surface area contributed by atoms with Crippen LogP contribution in [0.25, 0.3) is 12.2 Å². The lowest BCUT2D eigenvalue weighted by Crippen LogP contribution is -2.09. The molecule has 0 aromatic heterocycles. The van der Waals surface area contributed by atoms with Gasteiger partial charge in [0.25, 0.3) is 0 Å². The van der Waals surface area contributed by atoms with Gasteiger partial charge in [-0.05, 0) is 57.7 Å². The number of allylic oxidation sites excluding steroid dienone is 5. The van der Waals surface area contributed by atoms with E-state index >= 15 is 0 Å². The van der Waals surface area contributed by atoms with E-state index in [1.165, 1.54) is 44.9 Å². The van der Waals surface area contributed by atoms with E-state index in [1.54, 1.807) is 6.08 Å². The summed E-state index contributed by atoms with van der Waals surface area (Å²) in [6.45, 7) is 10.4. The minimum atomic E-state index is -0.935. The third kappa shape index (κ3) is 21.2. The molecule has 0 saturated heterocycles. The summed E-state index contributed by atoms with van der Waals surface area (Å²) in [5, 5.41) is 8.74. The highest BCUT2D eigenvalue weighted by molar-refractivity contribution is 5.86. The predicted octanol–water partition coefficient (Wildman–Crippen LogP) is 8.87. The Balaban J connectivity index is 0.00000126. The van der Waals surface area contributed by atoms with Crippen molar-refractivity contribution in [3.05, 3.63) is 71.8 Å². The molecule has 3 nitrogen and oxygen atoms in total. The Morgan fingerprint density at radius 2 is 1.36 bits per heavy atom. The topological polar surface area (TPSA) is 46.5 Å². The van der Waals surface area contributed by atoms with Gasteiger partial charge >= 0.3 is 5.97 Å². The van der Waals surface area contributed by atoms with Crippen LogP contribution in [-0.2, 0) is 9.53 Å². The minimum Gasteiger partial charge on any atom is -0.478 e. The molecule has 0 unspecified atom stereocenters. The number of ether oxygens (including phenoxy) is 1. The molecule has 0 bridgehead atoms. The minimum absolute atomic E-state index is 0.375. The standard InChI is InChI=1S/C24H32O2.C6H14O/c1-2-3-4-5-6-7-8-9-10-11-12-13-14-17-22-18-15-16-19-23(22)20-21-24(25)26;1-5(2)7-6(3)4/h10-21H,2-9H2,1H3,(H,25,26);5-6H,1-4H3. The molecule has 0 aliphatic rings. The lowest BCUT2D eigenvalue weighted by Gasteiger charge is -2.09. The second-order valence-electron chi connectivity index (χ2n) is 8.62. The number of carboxylic acid groups (broad SMARTS) is 1. The van der Waals surface area contributed by atoms with Gasteiger partial charge in [-0.25, -0.2) is 4.79 Å². The fourth-order valence-corrected chi connectivity index (χ4v) is 3.20. The molecule has 184 valence electrons. The molecule has 33 heavy (non-hydrogen) atoms. The quantitative estimate of drug-likeness (QED) is 0.163. The predicted molar refractivity (Wildman–Crippen MR) is 144 cm³/mol. The molecule has 0 atom stereocenters. The summed E-state index contributed by atoms with van der Waals surface area (Å²) < 4.78 is 5.25. The van der Waals surface area contributed by atoms with Gasteiger partial charge in [0.05, 0.1) is 12.2 Å². The first-order valence-electron chi connectivity index (χ1n) is 12.5. The van der Waals surface area contributed by atoms with Crippen molar-refractivity contribution in [2.24, 2.45) is 0 Å². The van der Waals surface area contributed by atoms with Gasteiger partial charge in [-0.3, -0.25) is 0 Å².